The van der Waals surface area contributed by atoms with Gasteiger partial charge in [0.2, 0.25) is 0 Å². The summed E-state index contributed by atoms with van der Waals surface area (Å²) in [7, 11) is 0. The van der Waals surface area contributed by atoms with E-state index in [2.05, 4.69) is 16.9 Å². The summed E-state index contributed by atoms with van der Waals surface area (Å²) in [5, 5.41) is 0. The van der Waals surface area contributed by atoms with Gasteiger partial charge in [-0.15, -0.1) is 0 Å². The van der Waals surface area contributed by atoms with Crippen LogP contribution < -0.4 is 0 Å². The SMILES string of the molecule is CCCc1nc2ccccc2nc1C. The number of aryl methyl sites for hydroxylation is 2. The largest absolute Gasteiger partial charge is 0.250 e. The van der Waals surface area contributed by atoms with Gasteiger partial charge in [0.1, 0.15) is 0 Å². The van der Waals surface area contributed by atoms with E-state index in [-0.39, 0.29) is 0 Å². The Morgan fingerprint density at radius 3 is 2.36 bits per heavy atom. The Kier molecular flexibility index (Phi) is 2.44. The first kappa shape index (κ1) is 9.13. The van der Waals surface area contributed by atoms with Crippen LogP contribution in [-0.2, 0) is 6.42 Å². The van der Waals surface area contributed by atoms with Crippen LogP contribution in [0.5, 0.6) is 0 Å². The number of fused-ring (bicyclic) bond motifs is 1. The van der Waals surface area contributed by atoms with Crippen LogP contribution in [0.1, 0.15) is 24.7 Å². The van der Waals surface area contributed by atoms with E-state index < -0.39 is 0 Å². The van der Waals surface area contributed by atoms with E-state index in [0.717, 1.165) is 35.3 Å². The van der Waals surface area contributed by atoms with Crippen molar-refractivity contribution in [3.05, 3.63) is 35.7 Å². The van der Waals surface area contributed by atoms with Crippen molar-refractivity contribution < 1.29 is 0 Å². The Labute approximate surface area is 84.0 Å². The van der Waals surface area contributed by atoms with Crippen LogP contribution in [0.25, 0.3) is 11.0 Å². The molecule has 1 heterocycles. The van der Waals surface area contributed by atoms with E-state index in [1.165, 1.54) is 0 Å². The van der Waals surface area contributed by atoms with E-state index in [1.807, 2.05) is 31.2 Å². The molecule has 0 saturated heterocycles. The lowest BCUT2D eigenvalue weighted by Crippen LogP contribution is -1.97. The van der Waals surface area contributed by atoms with Gasteiger partial charge in [-0.25, -0.2) is 9.97 Å². The molecule has 0 N–H and O–H groups in total. The molecule has 0 bridgehead atoms. The molecule has 0 unspecified atom stereocenters. The van der Waals surface area contributed by atoms with Crippen molar-refractivity contribution in [3.8, 4) is 0 Å². The molecule has 0 aliphatic carbocycles. The van der Waals surface area contributed by atoms with E-state index in [4.69, 9.17) is 0 Å². The minimum absolute atomic E-state index is 0.991. The Morgan fingerprint density at radius 1 is 1.07 bits per heavy atom. The third-order valence-corrected chi connectivity index (χ3v) is 2.33. The quantitative estimate of drug-likeness (QED) is 0.720. The number of benzene rings is 1. The fourth-order valence-electron chi connectivity index (χ4n) is 1.60. The molecule has 1 aromatic carbocycles. The van der Waals surface area contributed by atoms with Gasteiger partial charge in [0.25, 0.3) is 0 Å². The number of nitrogens with zero attached hydrogens (tertiary/aromatic N) is 2. The summed E-state index contributed by atoms with van der Waals surface area (Å²) in [6.45, 7) is 4.20. The predicted molar refractivity (Wildman–Crippen MR) is 58.3 cm³/mol. The van der Waals surface area contributed by atoms with Crippen molar-refractivity contribution in [2.75, 3.05) is 0 Å². The van der Waals surface area contributed by atoms with Crippen molar-refractivity contribution in [2.45, 2.75) is 26.7 Å². The van der Waals surface area contributed by atoms with Gasteiger partial charge in [-0.3, -0.25) is 0 Å². The summed E-state index contributed by atoms with van der Waals surface area (Å²) in [5.74, 6) is 0. The maximum absolute atomic E-state index is 4.60. The normalized spacial score (nSPS) is 10.7. The van der Waals surface area contributed by atoms with Crippen LogP contribution in [0.2, 0.25) is 0 Å². The molecule has 0 amide bonds. The van der Waals surface area contributed by atoms with Crippen molar-refractivity contribution in [1.29, 1.82) is 0 Å². The van der Waals surface area contributed by atoms with Crippen molar-refractivity contribution in [1.82, 2.24) is 9.97 Å². The first-order valence-electron chi connectivity index (χ1n) is 5.03. The molecular formula is C12H14N2. The standard InChI is InChI=1S/C12H14N2/c1-3-6-10-9(2)13-11-7-4-5-8-12(11)14-10/h4-5,7-8H,3,6H2,1-2H3. The number of para-hydroxylation sites is 2. The maximum atomic E-state index is 4.60. The molecule has 2 heteroatoms. The molecule has 1 aromatic heterocycles. The molecule has 2 nitrogen and oxygen atoms in total. The van der Waals surface area contributed by atoms with Gasteiger partial charge in [0.05, 0.1) is 22.4 Å². The molecule has 2 rings (SSSR count). The monoisotopic (exact) mass is 186 g/mol. The van der Waals surface area contributed by atoms with E-state index in [0.29, 0.717) is 0 Å². The maximum Gasteiger partial charge on any atom is 0.0890 e. The van der Waals surface area contributed by atoms with Gasteiger partial charge in [-0.1, -0.05) is 25.5 Å². The van der Waals surface area contributed by atoms with Gasteiger partial charge in [0.15, 0.2) is 0 Å². The Morgan fingerprint density at radius 2 is 1.71 bits per heavy atom. The number of aromatic nitrogens is 2. The minimum Gasteiger partial charge on any atom is -0.250 e. The molecule has 14 heavy (non-hydrogen) atoms. The smallest absolute Gasteiger partial charge is 0.0890 e. The van der Waals surface area contributed by atoms with Crippen LogP contribution in [-0.4, -0.2) is 9.97 Å². The lowest BCUT2D eigenvalue weighted by molar-refractivity contribution is 0.865. The topological polar surface area (TPSA) is 25.8 Å². The molecule has 0 radical (unpaired) electrons. The highest BCUT2D eigenvalue weighted by atomic mass is 14.8. The minimum atomic E-state index is 0.991. The molecule has 0 saturated carbocycles. The Balaban J connectivity index is 2.59. The fraction of sp³-hybridized carbons (Fsp3) is 0.333. The number of rotatable bonds is 2. The van der Waals surface area contributed by atoms with E-state index in [1.54, 1.807) is 0 Å². The third-order valence-electron chi connectivity index (χ3n) is 2.33. The zero-order valence-electron chi connectivity index (χ0n) is 8.62. The van der Waals surface area contributed by atoms with E-state index >= 15 is 0 Å². The van der Waals surface area contributed by atoms with Crippen LogP contribution in [0.15, 0.2) is 24.3 Å². The first-order chi connectivity index (χ1) is 6.81. The van der Waals surface area contributed by atoms with Crippen molar-refractivity contribution >= 4 is 11.0 Å². The average molecular weight is 186 g/mol. The predicted octanol–water partition coefficient (Wildman–Crippen LogP) is 2.89. The Bertz CT molecular complexity index is 449. The van der Waals surface area contributed by atoms with Crippen LogP contribution in [0, 0.1) is 6.92 Å². The highest BCUT2D eigenvalue weighted by molar-refractivity contribution is 5.74. The van der Waals surface area contributed by atoms with Gasteiger partial charge < -0.3 is 0 Å². The van der Waals surface area contributed by atoms with Gasteiger partial charge in [0, 0.05) is 0 Å². The van der Waals surface area contributed by atoms with Crippen LogP contribution in [0.4, 0.5) is 0 Å². The molecular weight excluding hydrogens is 172 g/mol. The van der Waals surface area contributed by atoms with Crippen LogP contribution >= 0.6 is 0 Å². The molecule has 0 atom stereocenters. The molecule has 72 valence electrons. The second kappa shape index (κ2) is 3.74. The molecule has 0 fully saturated rings. The van der Waals surface area contributed by atoms with Gasteiger partial charge in [-0.05, 0) is 25.5 Å². The summed E-state index contributed by atoms with van der Waals surface area (Å²) in [6.07, 6.45) is 2.14. The summed E-state index contributed by atoms with van der Waals surface area (Å²) in [4.78, 5) is 9.13. The summed E-state index contributed by atoms with van der Waals surface area (Å²) < 4.78 is 0. The summed E-state index contributed by atoms with van der Waals surface area (Å²) in [6, 6.07) is 8.02. The fourth-order valence-corrected chi connectivity index (χ4v) is 1.60. The lowest BCUT2D eigenvalue weighted by atomic mass is 10.2. The third kappa shape index (κ3) is 1.60. The van der Waals surface area contributed by atoms with Gasteiger partial charge in [-0.2, -0.15) is 0 Å². The molecule has 0 aliphatic heterocycles. The second-order valence-corrected chi connectivity index (χ2v) is 3.49. The van der Waals surface area contributed by atoms with Crippen LogP contribution in [0.3, 0.4) is 0 Å². The number of hydrogen-bond donors (Lipinski definition) is 0. The zero-order valence-corrected chi connectivity index (χ0v) is 8.62. The lowest BCUT2D eigenvalue weighted by Gasteiger charge is -2.04. The summed E-state index contributed by atoms with van der Waals surface area (Å²) in [5.41, 5.74) is 4.18. The zero-order chi connectivity index (χ0) is 9.97. The van der Waals surface area contributed by atoms with E-state index in [9.17, 15) is 0 Å². The average Bonchev–Trinajstić information content (AvgIpc) is 2.19. The molecule has 0 spiro atoms. The van der Waals surface area contributed by atoms with Crippen molar-refractivity contribution in [3.63, 3.8) is 0 Å². The van der Waals surface area contributed by atoms with Gasteiger partial charge >= 0.3 is 0 Å². The van der Waals surface area contributed by atoms with Crippen molar-refractivity contribution in [2.24, 2.45) is 0 Å². The molecule has 2 aromatic rings. The Hall–Kier alpha value is -1.44. The highest BCUT2D eigenvalue weighted by Crippen LogP contribution is 2.13. The second-order valence-electron chi connectivity index (χ2n) is 3.49. The molecule has 0 aliphatic rings. The summed E-state index contributed by atoms with van der Waals surface area (Å²) >= 11 is 0. The number of hydrogen-bond acceptors (Lipinski definition) is 2. The highest BCUT2D eigenvalue weighted by Gasteiger charge is 2.02. The first-order valence-corrected chi connectivity index (χ1v) is 5.03.